The van der Waals surface area contributed by atoms with Gasteiger partial charge in [0, 0.05) is 44.2 Å². The topological polar surface area (TPSA) is 69.7 Å². The second kappa shape index (κ2) is 8.83. The maximum Gasteiger partial charge on any atom is 0.243 e. The minimum absolute atomic E-state index is 0.0886. The molecule has 1 saturated carbocycles. The second-order valence-electron chi connectivity index (χ2n) is 9.82. The molecule has 0 spiro atoms. The van der Waals surface area contributed by atoms with Gasteiger partial charge in [-0.1, -0.05) is 6.07 Å². The number of likely N-dealkylation sites (tertiary alicyclic amines) is 1. The molecule has 1 amide bonds. The Morgan fingerprint density at radius 1 is 0.871 bits per heavy atom. The van der Waals surface area contributed by atoms with E-state index < -0.39 is 10.0 Å². The van der Waals surface area contributed by atoms with Gasteiger partial charge in [0.25, 0.3) is 0 Å². The lowest BCUT2D eigenvalue weighted by molar-refractivity contribution is -0.127. The van der Waals surface area contributed by atoms with Crippen molar-refractivity contribution in [3.8, 4) is 0 Å². The van der Waals surface area contributed by atoms with Crippen LogP contribution >= 0.6 is 0 Å². The third-order valence-electron chi connectivity index (χ3n) is 7.66. The first-order chi connectivity index (χ1) is 14.7. The molecule has 7 heteroatoms. The number of benzene rings is 1. The van der Waals surface area contributed by atoms with Crippen LogP contribution in [0.15, 0.2) is 11.0 Å². The number of sulfonamides is 1. The molecule has 31 heavy (non-hydrogen) atoms. The molecular weight excluding hydrogens is 410 g/mol. The van der Waals surface area contributed by atoms with E-state index in [0.717, 1.165) is 54.2 Å². The Hall–Kier alpha value is -1.44. The summed E-state index contributed by atoms with van der Waals surface area (Å²) in [5.74, 6) is 0.0232. The number of amides is 1. The Bertz CT molecular complexity index is 913. The van der Waals surface area contributed by atoms with Crippen molar-refractivity contribution in [3.05, 3.63) is 28.3 Å². The average molecular weight is 448 g/mol. The maximum atomic E-state index is 13.4. The third kappa shape index (κ3) is 4.69. The molecule has 3 fully saturated rings. The zero-order chi connectivity index (χ0) is 22.3. The highest BCUT2D eigenvalue weighted by Crippen LogP contribution is 2.32. The van der Waals surface area contributed by atoms with Gasteiger partial charge in [-0.15, -0.1) is 0 Å². The lowest BCUT2D eigenvalue weighted by Gasteiger charge is -2.35. The molecule has 3 aliphatic rings. The van der Waals surface area contributed by atoms with Crippen LogP contribution in [0.2, 0.25) is 0 Å². The number of nitrogens with one attached hydrogen (secondary N) is 1. The molecule has 2 heterocycles. The number of carbonyl (C=O) groups is 1. The summed E-state index contributed by atoms with van der Waals surface area (Å²) in [6.07, 6.45) is 5.91. The standard InChI is InChI=1S/C24H37N3O3S/c1-16-15-17(2)19(4)23(18(16)3)31(29,30)27-13-7-20(8-14-27)24(28)25-21-9-11-26(12-10-21)22-5-6-22/h15,20-22H,5-14H2,1-4H3,(H,25,28). The molecule has 6 nitrogen and oxygen atoms in total. The SMILES string of the molecule is Cc1cc(C)c(C)c(S(=O)(=O)N2CCC(C(=O)NC3CCN(C4CC4)CC3)CC2)c1C. The van der Waals surface area contributed by atoms with Gasteiger partial charge in [0.05, 0.1) is 4.90 Å². The monoisotopic (exact) mass is 447 g/mol. The van der Waals surface area contributed by atoms with Crippen molar-refractivity contribution in [2.75, 3.05) is 26.2 Å². The molecule has 4 rings (SSSR count). The van der Waals surface area contributed by atoms with Crippen LogP contribution in [0.25, 0.3) is 0 Å². The van der Waals surface area contributed by atoms with Crippen molar-refractivity contribution in [2.45, 2.75) is 83.2 Å². The number of piperidine rings is 2. The minimum Gasteiger partial charge on any atom is -0.353 e. The first-order valence-corrected chi connectivity index (χ1v) is 13.2. The van der Waals surface area contributed by atoms with Gasteiger partial charge in [-0.25, -0.2) is 8.42 Å². The van der Waals surface area contributed by atoms with Gasteiger partial charge < -0.3 is 10.2 Å². The summed E-state index contributed by atoms with van der Waals surface area (Å²) in [6, 6.07) is 3.12. The van der Waals surface area contributed by atoms with E-state index in [2.05, 4.69) is 16.3 Å². The first kappa shape index (κ1) is 22.7. The van der Waals surface area contributed by atoms with E-state index in [0.29, 0.717) is 30.8 Å². The van der Waals surface area contributed by atoms with Crippen molar-refractivity contribution in [1.82, 2.24) is 14.5 Å². The van der Waals surface area contributed by atoms with Crippen LogP contribution in [0.5, 0.6) is 0 Å². The first-order valence-electron chi connectivity index (χ1n) is 11.8. The van der Waals surface area contributed by atoms with Gasteiger partial charge in [-0.3, -0.25) is 4.79 Å². The largest absolute Gasteiger partial charge is 0.353 e. The Balaban J connectivity index is 1.34. The van der Waals surface area contributed by atoms with E-state index in [4.69, 9.17) is 0 Å². The van der Waals surface area contributed by atoms with Crippen molar-refractivity contribution in [2.24, 2.45) is 5.92 Å². The van der Waals surface area contributed by atoms with Crippen molar-refractivity contribution < 1.29 is 13.2 Å². The molecule has 0 bridgehead atoms. The van der Waals surface area contributed by atoms with Crippen LogP contribution in [-0.2, 0) is 14.8 Å². The lowest BCUT2D eigenvalue weighted by atomic mass is 9.96. The van der Waals surface area contributed by atoms with E-state index in [1.807, 2.05) is 27.7 Å². The molecule has 2 aliphatic heterocycles. The Morgan fingerprint density at radius 3 is 1.94 bits per heavy atom. The van der Waals surface area contributed by atoms with E-state index in [9.17, 15) is 13.2 Å². The molecule has 0 atom stereocenters. The van der Waals surface area contributed by atoms with Crippen LogP contribution in [-0.4, -0.2) is 61.8 Å². The molecule has 2 saturated heterocycles. The van der Waals surface area contributed by atoms with Crippen molar-refractivity contribution >= 4 is 15.9 Å². The fourth-order valence-corrected chi connectivity index (χ4v) is 7.27. The zero-order valence-electron chi connectivity index (χ0n) is 19.4. The molecule has 1 aromatic carbocycles. The van der Waals surface area contributed by atoms with Gasteiger partial charge in [0.15, 0.2) is 0 Å². The highest BCUT2D eigenvalue weighted by Gasteiger charge is 2.36. The molecule has 1 aliphatic carbocycles. The molecule has 1 aromatic rings. The Kier molecular flexibility index (Phi) is 6.48. The van der Waals surface area contributed by atoms with Crippen LogP contribution in [0.1, 0.15) is 60.8 Å². The molecule has 0 aromatic heterocycles. The average Bonchev–Trinajstić information content (AvgIpc) is 3.58. The predicted molar refractivity (Wildman–Crippen MR) is 123 cm³/mol. The summed E-state index contributed by atoms with van der Waals surface area (Å²) in [7, 11) is -3.56. The van der Waals surface area contributed by atoms with Crippen molar-refractivity contribution in [3.63, 3.8) is 0 Å². The second-order valence-corrected chi connectivity index (χ2v) is 11.7. The van der Waals surface area contributed by atoms with Gasteiger partial charge in [0.2, 0.25) is 15.9 Å². The van der Waals surface area contributed by atoms with Gasteiger partial charge in [-0.05, 0) is 88.5 Å². The number of carbonyl (C=O) groups excluding carboxylic acids is 1. The van der Waals surface area contributed by atoms with Gasteiger partial charge >= 0.3 is 0 Å². The Morgan fingerprint density at radius 2 is 1.42 bits per heavy atom. The zero-order valence-corrected chi connectivity index (χ0v) is 20.2. The highest BCUT2D eigenvalue weighted by molar-refractivity contribution is 7.89. The molecular formula is C24H37N3O3S. The molecule has 172 valence electrons. The smallest absolute Gasteiger partial charge is 0.243 e. The molecule has 0 unspecified atom stereocenters. The maximum absolute atomic E-state index is 13.4. The summed E-state index contributed by atoms with van der Waals surface area (Å²) in [5.41, 5.74) is 3.67. The van der Waals surface area contributed by atoms with Crippen LogP contribution in [0.3, 0.4) is 0 Å². The van der Waals surface area contributed by atoms with E-state index >= 15 is 0 Å². The van der Waals surface area contributed by atoms with Crippen molar-refractivity contribution in [1.29, 1.82) is 0 Å². The van der Waals surface area contributed by atoms with E-state index in [-0.39, 0.29) is 17.9 Å². The molecule has 0 radical (unpaired) electrons. The number of rotatable bonds is 5. The fourth-order valence-electron chi connectivity index (χ4n) is 5.22. The predicted octanol–water partition coefficient (Wildman–Crippen LogP) is 3.06. The number of hydrogen-bond donors (Lipinski definition) is 1. The summed E-state index contributed by atoms with van der Waals surface area (Å²) in [6.45, 7) is 10.7. The summed E-state index contributed by atoms with van der Waals surface area (Å²) in [4.78, 5) is 15.8. The minimum atomic E-state index is -3.56. The third-order valence-corrected chi connectivity index (χ3v) is 9.83. The quantitative estimate of drug-likeness (QED) is 0.753. The Labute approximate surface area is 187 Å². The normalized spacial score (nSPS) is 22.6. The lowest BCUT2D eigenvalue weighted by Crippen LogP contribution is -2.49. The van der Waals surface area contributed by atoms with Crippen LogP contribution < -0.4 is 5.32 Å². The highest BCUT2D eigenvalue weighted by atomic mass is 32.2. The number of nitrogens with zero attached hydrogens (tertiary/aromatic N) is 2. The number of hydrogen-bond acceptors (Lipinski definition) is 4. The van der Waals surface area contributed by atoms with Gasteiger partial charge in [-0.2, -0.15) is 4.31 Å². The number of aryl methyl sites for hydroxylation is 2. The van der Waals surface area contributed by atoms with E-state index in [1.54, 1.807) is 4.31 Å². The van der Waals surface area contributed by atoms with Crippen LogP contribution in [0.4, 0.5) is 0 Å². The molecule has 1 N–H and O–H groups in total. The van der Waals surface area contributed by atoms with E-state index in [1.165, 1.54) is 12.8 Å². The van der Waals surface area contributed by atoms with Gasteiger partial charge in [0.1, 0.15) is 0 Å². The summed E-state index contributed by atoms with van der Waals surface area (Å²) >= 11 is 0. The summed E-state index contributed by atoms with van der Waals surface area (Å²) < 4.78 is 28.5. The van der Waals surface area contributed by atoms with Crippen LogP contribution in [0, 0.1) is 33.6 Å². The fraction of sp³-hybridized carbons (Fsp3) is 0.708. The summed E-state index contributed by atoms with van der Waals surface area (Å²) in [5, 5.41) is 3.25.